The number of aryl methyl sites for hydroxylation is 1. The lowest BCUT2D eigenvalue weighted by Gasteiger charge is -2.09. The van der Waals surface area contributed by atoms with Crippen molar-refractivity contribution < 1.29 is 26.5 Å². The van der Waals surface area contributed by atoms with Crippen molar-refractivity contribution in [2.24, 2.45) is 7.05 Å². The monoisotopic (exact) mass is 397 g/mol. The lowest BCUT2D eigenvalue weighted by Crippen LogP contribution is -2.26. The molecule has 0 saturated heterocycles. The highest BCUT2D eigenvalue weighted by atomic mass is 32.2. The smallest absolute Gasteiger partial charge is 0.341 e. The van der Waals surface area contributed by atoms with Crippen LogP contribution in [0.3, 0.4) is 0 Å². The van der Waals surface area contributed by atoms with Gasteiger partial charge in [0.05, 0.1) is 28.8 Å². The number of hydrogen-bond donors (Lipinski definition) is 1. The normalized spacial score (nSPS) is 11.7. The summed E-state index contributed by atoms with van der Waals surface area (Å²) >= 11 is 0. The van der Waals surface area contributed by atoms with Crippen molar-refractivity contribution in [1.29, 1.82) is 0 Å². The molecule has 3 aromatic rings. The van der Waals surface area contributed by atoms with Crippen LogP contribution in [0.5, 0.6) is 0 Å². The standard InChI is InChI=1S/C15H13F2N5O4S/c1-22-8-9(6-19-22)13-20-12(26-21-13)7-18-14(23)10-4-2-3-5-11(10)27(24,25)15(16)17/h2-6,8,15H,7H2,1H3,(H,18,23). The molecule has 1 amide bonds. The molecule has 0 aliphatic rings. The van der Waals surface area contributed by atoms with Gasteiger partial charge in [-0.2, -0.15) is 18.9 Å². The van der Waals surface area contributed by atoms with E-state index in [0.717, 1.165) is 12.1 Å². The summed E-state index contributed by atoms with van der Waals surface area (Å²) in [5, 5.41) is 10.1. The number of hydrogen-bond acceptors (Lipinski definition) is 7. The lowest BCUT2D eigenvalue weighted by molar-refractivity contribution is 0.0943. The average molecular weight is 397 g/mol. The fourth-order valence-corrected chi connectivity index (χ4v) is 3.16. The van der Waals surface area contributed by atoms with Crippen LogP contribution in [-0.4, -0.2) is 40.0 Å². The molecule has 9 nitrogen and oxygen atoms in total. The summed E-state index contributed by atoms with van der Waals surface area (Å²) < 4.78 is 55.6. The van der Waals surface area contributed by atoms with Gasteiger partial charge in [0.2, 0.25) is 21.6 Å². The van der Waals surface area contributed by atoms with E-state index in [1.165, 1.54) is 18.3 Å². The molecular weight excluding hydrogens is 384 g/mol. The quantitative estimate of drug-likeness (QED) is 0.667. The molecule has 0 bridgehead atoms. The van der Waals surface area contributed by atoms with Crippen molar-refractivity contribution in [3.05, 3.63) is 48.1 Å². The number of halogens is 2. The molecule has 0 radical (unpaired) electrons. The zero-order chi connectivity index (χ0) is 19.6. The Morgan fingerprint density at radius 2 is 2.07 bits per heavy atom. The van der Waals surface area contributed by atoms with Crippen LogP contribution in [0.2, 0.25) is 0 Å². The maximum Gasteiger partial charge on any atom is 0.341 e. The van der Waals surface area contributed by atoms with Gasteiger partial charge in [0.25, 0.3) is 5.91 Å². The van der Waals surface area contributed by atoms with Gasteiger partial charge >= 0.3 is 5.76 Å². The molecule has 0 aliphatic carbocycles. The van der Waals surface area contributed by atoms with Gasteiger partial charge in [-0.05, 0) is 12.1 Å². The number of benzene rings is 1. The third-order valence-electron chi connectivity index (χ3n) is 3.50. The third kappa shape index (κ3) is 3.84. The zero-order valence-electron chi connectivity index (χ0n) is 13.8. The minimum atomic E-state index is -4.92. The van der Waals surface area contributed by atoms with Gasteiger partial charge in [0.1, 0.15) is 0 Å². The summed E-state index contributed by atoms with van der Waals surface area (Å²) in [7, 11) is -3.20. The Morgan fingerprint density at radius 3 is 2.74 bits per heavy atom. The third-order valence-corrected chi connectivity index (χ3v) is 4.94. The molecule has 0 saturated carbocycles. The Balaban J connectivity index is 1.75. The number of alkyl halides is 2. The number of amides is 1. The predicted octanol–water partition coefficient (Wildman–Crippen LogP) is 1.40. The van der Waals surface area contributed by atoms with Crippen molar-refractivity contribution in [2.75, 3.05) is 0 Å². The van der Waals surface area contributed by atoms with Gasteiger partial charge in [-0.3, -0.25) is 9.48 Å². The SMILES string of the molecule is Cn1cc(-c2noc(CNC(=O)c3ccccc3S(=O)(=O)C(F)F)n2)cn1. The minimum Gasteiger partial charge on any atom is -0.343 e. The Bertz CT molecular complexity index is 1080. The Kier molecular flexibility index (Phi) is 4.99. The Hall–Kier alpha value is -3.15. The topological polar surface area (TPSA) is 120 Å². The van der Waals surface area contributed by atoms with E-state index >= 15 is 0 Å². The highest BCUT2D eigenvalue weighted by Crippen LogP contribution is 2.22. The van der Waals surface area contributed by atoms with E-state index in [1.54, 1.807) is 17.9 Å². The van der Waals surface area contributed by atoms with Crippen LogP contribution in [0.15, 0.2) is 46.1 Å². The maximum atomic E-state index is 12.8. The van der Waals surface area contributed by atoms with Crippen LogP contribution in [0, 0.1) is 0 Å². The van der Waals surface area contributed by atoms with Gasteiger partial charge in [-0.25, -0.2) is 8.42 Å². The second-order valence-electron chi connectivity index (χ2n) is 5.40. The molecule has 27 heavy (non-hydrogen) atoms. The highest BCUT2D eigenvalue weighted by Gasteiger charge is 2.30. The number of rotatable bonds is 6. The number of nitrogens with zero attached hydrogens (tertiary/aromatic N) is 4. The van der Waals surface area contributed by atoms with Crippen molar-refractivity contribution in [1.82, 2.24) is 25.2 Å². The number of carbonyl (C=O) groups excluding carboxylic acids is 1. The summed E-state index contributed by atoms with van der Waals surface area (Å²) in [6, 6.07) is 4.71. The van der Waals surface area contributed by atoms with E-state index in [9.17, 15) is 22.0 Å². The summed E-state index contributed by atoms with van der Waals surface area (Å²) in [6.07, 6.45) is 3.19. The van der Waals surface area contributed by atoms with Crippen molar-refractivity contribution in [3.8, 4) is 11.4 Å². The minimum absolute atomic E-state index is 0.0522. The second kappa shape index (κ2) is 7.23. The number of carbonyl (C=O) groups is 1. The van der Waals surface area contributed by atoms with Crippen molar-refractivity contribution >= 4 is 15.7 Å². The van der Waals surface area contributed by atoms with Gasteiger partial charge in [-0.15, -0.1) is 0 Å². The summed E-state index contributed by atoms with van der Waals surface area (Å²) in [4.78, 5) is 15.6. The van der Waals surface area contributed by atoms with E-state index in [0.29, 0.717) is 5.56 Å². The van der Waals surface area contributed by atoms with Gasteiger partial charge in [-0.1, -0.05) is 17.3 Å². The fourth-order valence-electron chi connectivity index (χ4n) is 2.23. The molecule has 1 N–H and O–H groups in total. The summed E-state index contributed by atoms with van der Waals surface area (Å²) in [5.74, 6) is -4.19. The van der Waals surface area contributed by atoms with Crippen molar-refractivity contribution in [3.63, 3.8) is 0 Å². The number of nitrogens with one attached hydrogen (secondary N) is 1. The first-order valence-corrected chi connectivity index (χ1v) is 9.04. The average Bonchev–Trinajstić information content (AvgIpc) is 3.28. The van der Waals surface area contributed by atoms with E-state index in [2.05, 4.69) is 20.6 Å². The molecular formula is C15H13F2N5O4S. The molecule has 0 aliphatic heterocycles. The molecule has 0 spiro atoms. The highest BCUT2D eigenvalue weighted by molar-refractivity contribution is 7.91. The predicted molar refractivity (Wildman–Crippen MR) is 87.3 cm³/mol. The summed E-state index contributed by atoms with van der Waals surface area (Å²) in [5.41, 5.74) is 0.206. The van der Waals surface area contributed by atoms with Crippen molar-refractivity contribution in [2.45, 2.75) is 17.2 Å². The zero-order valence-corrected chi connectivity index (χ0v) is 14.7. The van der Waals surface area contributed by atoms with Gasteiger partial charge in [0, 0.05) is 13.2 Å². The van der Waals surface area contributed by atoms with Crippen LogP contribution >= 0.6 is 0 Å². The number of aromatic nitrogens is 4. The maximum absolute atomic E-state index is 12.8. The lowest BCUT2D eigenvalue weighted by atomic mass is 10.2. The molecule has 0 unspecified atom stereocenters. The molecule has 142 valence electrons. The number of sulfone groups is 1. The Labute approximate surface area is 151 Å². The molecule has 2 aromatic heterocycles. The molecule has 2 heterocycles. The van der Waals surface area contributed by atoms with Crippen LogP contribution < -0.4 is 5.32 Å². The van der Waals surface area contributed by atoms with Crippen LogP contribution in [0.4, 0.5) is 8.78 Å². The van der Waals surface area contributed by atoms with E-state index in [-0.39, 0.29) is 18.3 Å². The second-order valence-corrected chi connectivity index (χ2v) is 7.29. The molecule has 12 heteroatoms. The van der Waals surface area contributed by atoms with Gasteiger partial charge in [0.15, 0.2) is 0 Å². The molecule has 3 rings (SSSR count). The van der Waals surface area contributed by atoms with Crippen LogP contribution in [0.25, 0.3) is 11.4 Å². The van der Waals surface area contributed by atoms with Gasteiger partial charge < -0.3 is 9.84 Å². The Morgan fingerprint density at radius 1 is 1.33 bits per heavy atom. The fraction of sp³-hybridized carbons (Fsp3) is 0.200. The van der Waals surface area contributed by atoms with E-state index in [4.69, 9.17) is 4.52 Å². The first-order chi connectivity index (χ1) is 12.8. The molecule has 0 fully saturated rings. The van der Waals surface area contributed by atoms with E-state index < -0.39 is 32.0 Å². The largest absolute Gasteiger partial charge is 0.343 e. The van der Waals surface area contributed by atoms with Crippen LogP contribution in [0.1, 0.15) is 16.2 Å². The van der Waals surface area contributed by atoms with E-state index in [1.807, 2.05) is 0 Å². The summed E-state index contributed by atoms with van der Waals surface area (Å²) in [6.45, 7) is -0.213. The molecule has 1 aromatic carbocycles. The first-order valence-electron chi connectivity index (χ1n) is 7.50. The molecule has 0 atom stereocenters. The first kappa shape index (κ1) is 18.6. The van der Waals surface area contributed by atoms with Crippen LogP contribution in [-0.2, 0) is 23.4 Å².